The summed E-state index contributed by atoms with van der Waals surface area (Å²) < 4.78 is 0. The molecule has 0 heterocycles. The van der Waals surface area contributed by atoms with Crippen LogP contribution in [-0.4, -0.2) is 0 Å². The van der Waals surface area contributed by atoms with Gasteiger partial charge in [0.25, 0.3) is 0 Å². The molecule has 0 saturated heterocycles. The normalized spacial score (nSPS) is 12.9. The van der Waals surface area contributed by atoms with E-state index in [1.54, 1.807) is 0 Å². The van der Waals surface area contributed by atoms with Crippen LogP contribution in [0, 0.1) is 0 Å². The van der Waals surface area contributed by atoms with Crippen molar-refractivity contribution in [1.82, 2.24) is 0 Å². The summed E-state index contributed by atoms with van der Waals surface area (Å²) in [7, 11) is 0. The van der Waals surface area contributed by atoms with E-state index in [1.807, 2.05) is 0 Å². The van der Waals surface area contributed by atoms with Crippen LogP contribution in [0.2, 0.25) is 0 Å². The predicted molar refractivity (Wildman–Crippen MR) is 486 cm³/mol. The van der Waals surface area contributed by atoms with Crippen molar-refractivity contribution < 1.29 is 0 Å². The Balaban J connectivity index is 0.619. The molecule has 1 aliphatic carbocycles. The largest absolute Gasteiger partial charge is 0.311 e. The highest BCUT2D eigenvalue weighted by Crippen LogP contribution is 2.45. The number of nitrogens with zero attached hydrogens (tertiary/aromatic N) is 4. The first-order valence-electron chi connectivity index (χ1n) is 40.2. The molecule has 114 heavy (non-hydrogen) atoms. The SMILES string of the molecule is CCC(C)c1ccc(N(c2ccc(-c3ccc(N(c4ccc(-c5ccccc5)cc4)c4ccc(-c5ccccc5)cc4)cc3)cc2)c2ccc(-c3cccc(-c4ccc(N(c5ccc(-c6ccc(N(c7ccc(-c8ccccc8)cc7)c7ccc(C8C=CC=CC8)cc7)cc6)cc5)c5ccc(C(C)CC)cc5)cc4)c3)cc2)cc1. The van der Waals surface area contributed by atoms with Gasteiger partial charge in [0.15, 0.2) is 0 Å². The first-order valence-corrected chi connectivity index (χ1v) is 40.2. The number of allylic oxidation sites excluding steroid dienone is 4. The maximum absolute atomic E-state index is 2.38. The molecule has 0 aliphatic heterocycles. The Morgan fingerprint density at radius 3 is 0.640 bits per heavy atom. The topological polar surface area (TPSA) is 13.0 Å². The minimum absolute atomic E-state index is 0.386. The van der Waals surface area contributed by atoms with Gasteiger partial charge >= 0.3 is 0 Å². The van der Waals surface area contributed by atoms with Crippen molar-refractivity contribution in [2.24, 2.45) is 0 Å². The zero-order valence-corrected chi connectivity index (χ0v) is 65.1. The van der Waals surface area contributed by atoms with E-state index in [-0.39, 0.29) is 0 Å². The quantitative estimate of drug-likeness (QED) is 0.0598. The lowest BCUT2D eigenvalue weighted by atomic mass is 9.92. The highest BCUT2D eigenvalue weighted by molar-refractivity contribution is 5.87. The van der Waals surface area contributed by atoms with Crippen molar-refractivity contribution in [3.8, 4) is 77.9 Å². The molecule has 16 aromatic carbocycles. The fourth-order valence-electron chi connectivity index (χ4n) is 15.9. The lowest BCUT2D eigenvalue weighted by molar-refractivity contribution is 0.733. The second-order valence-corrected chi connectivity index (χ2v) is 30.0. The van der Waals surface area contributed by atoms with Crippen LogP contribution in [0.3, 0.4) is 0 Å². The van der Waals surface area contributed by atoms with E-state index in [1.165, 1.54) is 50.1 Å². The van der Waals surface area contributed by atoms with E-state index in [0.717, 1.165) is 132 Å². The summed E-state index contributed by atoms with van der Waals surface area (Å²) in [6, 6.07) is 149. The third-order valence-electron chi connectivity index (χ3n) is 22.9. The molecule has 0 N–H and O–H groups in total. The summed E-state index contributed by atoms with van der Waals surface area (Å²) >= 11 is 0. The van der Waals surface area contributed by atoms with Crippen LogP contribution >= 0.6 is 0 Å². The van der Waals surface area contributed by atoms with Crippen molar-refractivity contribution in [2.75, 3.05) is 19.6 Å². The predicted octanol–water partition coefficient (Wildman–Crippen LogP) is 31.9. The van der Waals surface area contributed by atoms with E-state index in [4.69, 9.17) is 0 Å². The highest BCUT2D eigenvalue weighted by atomic mass is 15.2. The van der Waals surface area contributed by atoms with Crippen LogP contribution in [-0.2, 0) is 0 Å². The lowest BCUT2D eigenvalue weighted by Gasteiger charge is -2.27. The molecule has 0 bridgehead atoms. The van der Waals surface area contributed by atoms with E-state index in [2.05, 4.69) is 478 Å². The van der Waals surface area contributed by atoms with Gasteiger partial charge in [0.05, 0.1) is 0 Å². The molecule has 3 unspecified atom stereocenters. The van der Waals surface area contributed by atoms with Gasteiger partial charge in [-0.3, -0.25) is 0 Å². The fraction of sp³-hybridized carbons (Fsp3) is 0.0909. The van der Waals surface area contributed by atoms with Gasteiger partial charge in [-0.2, -0.15) is 0 Å². The zero-order valence-electron chi connectivity index (χ0n) is 65.1. The van der Waals surface area contributed by atoms with Gasteiger partial charge in [-0.25, -0.2) is 0 Å². The average molecular weight is 1470 g/mol. The van der Waals surface area contributed by atoms with Crippen LogP contribution < -0.4 is 19.6 Å². The molecular formula is C110H92N4. The molecule has 0 radical (unpaired) electrons. The van der Waals surface area contributed by atoms with Gasteiger partial charge in [-0.1, -0.05) is 307 Å². The van der Waals surface area contributed by atoms with Crippen molar-refractivity contribution in [2.45, 2.75) is 64.7 Å². The van der Waals surface area contributed by atoms with Crippen LogP contribution in [0.5, 0.6) is 0 Å². The first-order chi connectivity index (χ1) is 56.2. The van der Waals surface area contributed by atoms with Crippen molar-refractivity contribution >= 4 is 68.2 Å². The van der Waals surface area contributed by atoms with E-state index >= 15 is 0 Å². The zero-order chi connectivity index (χ0) is 77.1. The van der Waals surface area contributed by atoms with Gasteiger partial charge in [-0.05, 0) is 277 Å². The van der Waals surface area contributed by atoms with Gasteiger partial charge in [-0.15, -0.1) is 0 Å². The molecule has 4 heteroatoms. The monoisotopic (exact) mass is 1470 g/mol. The van der Waals surface area contributed by atoms with E-state index < -0.39 is 0 Å². The maximum atomic E-state index is 2.38. The summed E-state index contributed by atoms with van der Waals surface area (Å²) in [5.74, 6) is 1.33. The van der Waals surface area contributed by atoms with Crippen LogP contribution in [0.15, 0.2) is 431 Å². The first kappa shape index (κ1) is 73.0. The standard InChI is InChI=1S/C110H92N4/c1-5-79(3)81-30-54-99(55-31-81)111(105-66-42-91(43-67-105)93-46-70-107(71-47-93)113(101-58-34-87(35-59-101)83-20-11-7-12-21-83)102-60-36-88(37-61-102)84-22-13-8-14-23-84)109-74-50-95(51-75-109)97-28-19-29-98(78-97)96-52-76-110(77-53-96)112(100-56-32-82(33-57-100)80(4)6-2)106-68-44-92(45-69-106)94-48-72-108(73-49-94)114(103-62-38-89(39-63-103)85-24-15-9-16-25-85)104-64-40-90(41-65-104)86-26-17-10-18-27-86/h7-26,28-80,86H,5-6,27H2,1-4H3. The number of anilines is 12. The Morgan fingerprint density at radius 1 is 0.219 bits per heavy atom. The third kappa shape index (κ3) is 16.1. The van der Waals surface area contributed by atoms with Crippen LogP contribution in [0.1, 0.15) is 81.4 Å². The Hall–Kier alpha value is -13.8. The molecule has 552 valence electrons. The van der Waals surface area contributed by atoms with Crippen LogP contribution in [0.4, 0.5) is 68.2 Å². The van der Waals surface area contributed by atoms with Crippen molar-refractivity contribution in [1.29, 1.82) is 0 Å². The number of hydrogen-bond donors (Lipinski definition) is 0. The highest BCUT2D eigenvalue weighted by Gasteiger charge is 2.21. The number of hydrogen-bond acceptors (Lipinski definition) is 4. The summed E-state index contributed by atoms with van der Waals surface area (Å²) in [6.45, 7) is 9.14. The van der Waals surface area contributed by atoms with Gasteiger partial charge in [0.1, 0.15) is 0 Å². The Bertz CT molecular complexity index is 5800. The summed E-state index contributed by atoms with van der Waals surface area (Å²) in [4.78, 5) is 9.48. The summed E-state index contributed by atoms with van der Waals surface area (Å²) in [6.07, 6.45) is 12.1. The van der Waals surface area contributed by atoms with Crippen LogP contribution in [0.25, 0.3) is 77.9 Å². The molecule has 1 aliphatic rings. The molecule has 0 spiro atoms. The molecule has 0 amide bonds. The molecule has 0 aromatic heterocycles. The van der Waals surface area contributed by atoms with Gasteiger partial charge in [0, 0.05) is 74.2 Å². The second-order valence-electron chi connectivity index (χ2n) is 30.0. The lowest BCUT2D eigenvalue weighted by Crippen LogP contribution is -2.10. The third-order valence-corrected chi connectivity index (χ3v) is 22.9. The van der Waals surface area contributed by atoms with Gasteiger partial charge < -0.3 is 19.6 Å². The molecule has 0 fully saturated rings. The maximum Gasteiger partial charge on any atom is 0.0462 e. The molecule has 3 atom stereocenters. The van der Waals surface area contributed by atoms with Crippen molar-refractivity contribution in [3.05, 3.63) is 447 Å². The minimum Gasteiger partial charge on any atom is -0.311 e. The van der Waals surface area contributed by atoms with Crippen molar-refractivity contribution in [3.63, 3.8) is 0 Å². The summed E-state index contributed by atoms with van der Waals surface area (Å²) in [5, 5.41) is 0. The smallest absolute Gasteiger partial charge is 0.0462 e. The Morgan fingerprint density at radius 2 is 0.421 bits per heavy atom. The molecule has 0 saturated carbocycles. The minimum atomic E-state index is 0.386. The molecule has 4 nitrogen and oxygen atoms in total. The van der Waals surface area contributed by atoms with Gasteiger partial charge in [0.2, 0.25) is 0 Å². The van der Waals surface area contributed by atoms with E-state index in [9.17, 15) is 0 Å². The van der Waals surface area contributed by atoms with E-state index in [0.29, 0.717) is 17.8 Å². The Labute approximate surface area is 673 Å². The Kier molecular flexibility index (Phi) is 21.7. The molecule has 16 aromatic rings. The summed E-state index contributed by atoms with van der Waals surface area (Å²) in [5.41, 5.74) is 33.6. The molecular weight excluding hydrogens is 1380 g/mol. The molecule has 17 rings (SSSR count). The number of benzene rings is 16. The fourth-order valence-corrected chi connectivity index (χ4v) is 15.9. The average Bonchev–Trinajstić information content (AvgIpc) is 0.805. The number of rotatable bonds is 24. The second kappa shape index (κ2) is 33.8.